The van der Waals surface area contributed by atoms with Crippen molar-refractivity contribution in [3.05, 3.63) is 198 Å². The van der Waals surface area contributed by atoms with Gasteiger partial charge in [0.05, 0.1) is 16.6 Å². The number of hydrogen-bond donors (Lipinski definition) is 0. The lowest BCUT2D eigenvalue weighted by Gasteiger charge is -2.30. The Kier molecular flexibility index (Phi) is 5.65. The highest BCUT2D eigenvalue weighted by Crippen LogP contribution is 2.63. The van der Waals surface area contributed by atoms with Crippen LogP contribution < -0.4 is 0 Å². The molecule has 0 aliphatic heterocycles. The number of rotatable bonds is 2. The minimum Gasteiger partial charge on any atom is -0.247 e. The maximum Gasteiger partial charge on any atom is 0.0788 e. The standard InChI is InChI=1S/C50H29NS/c1-6-22-42-33(15-1)34-16-2-7-23-43(34)50(42)44-24-8-3-17-35(44)40-28-41-39(29-45(40)50)36-18-4-9-25-46(36)51-48(41)31-14-11-13-30(27-31)32-20-12-21-38-37-19-5-10-26-47(37)52-49(32)38/h1-29H. The van der Waals surface area contributed by atoms with Gasteiger partial charge in [0.2, 0.25) is 0 Å². The van der Waals surface area contributed by atoms with Gasteiger partial charge in [0.15, 0.2) is 0 Å². The smallest absolute Gasteiger partial charge is 0.0788 e. The Balaban J connectivity index is 1.15. The van der Waals surface area contributed by atoms with Gasteiger partial charge in [-0.15, -0.1) is 11.3 Å². The summed E-state index contributed by atoms with van der Waals surface area (Å²) < 4.78 is 2.65. The molecule has 12 rings (SSSR count). The fraction of sp³-hybridized carbons (Fsp3) is 0.0200. The van der Waals surface area contributed by atoms with E-state index in [9.17, 15) is 0 Å². The van der Waals surface area contributed by atoms with Crippen LogP contribution >= 0.6 is 11.3 Å². The van der Waals surface area contributed by atoms with Crippen molar-refractivity contribution in [2.75, 3.05) is 0 Å². The van der Waals surface area contributed by atoms with Crippen LogP contribution in [0.2, 0.25) is 0 Å². The number of fused-ring (bicyclic) bond motifs is 16. The lowest BCUT2D eigenvalue weighted by atomic mass is 9.70. The van der Waals surface area contributed by atoms with Crippen molar-refractivity contribution in [1.82, 2.24) is 4.98 Å². The van der Waals surface area contributed by atoms with Gasteiger partial charge in [-0.05, 0) is 91.4 Å². The van der Waals surface area contributed by atoms with E-state index in [-0.39, 0.29) is 5.41 Å². The lowest BCUT2D eigenvalue weighted by Crippen LogP contribution is -2.25. The van der Waals surface area contributed by atoms with Gasteiger partial charge in [-0.1, -0.05) is 146 Å². The molecule has 0 unspecified atom stereocenters. The first-order valence-electron chi connectivity index (χ1n) is 18.0. The first-order chi connectivity index (χ1) is 25.8. The number of benzene rings is 8. The summed E-state index contributed by atoms with van der Waals surface area (Å²) in [5, 5.41) is 6.24. The van der Waals surface area contributed by atoms with Crippen molar-refractivity contribution < 1.29 is 0 Å². The van der Waals surface area contributed by atoms with E-state index in [0.717, 1.165) is 16.8 Å². The number of pyridine rings is 1. The number of aromatic nitrogens is 1. The Morgan fingerprint density at radius 1 is 0.365 bits per heavy atom. The van der Waals surface area contributed by atoms with Crippen LogP contribution in [-0.2, 0) is 5.41 Å². The molecule has 0 N–H and O–H groups in total. The van der Waals surface area contributed by atoms with Gasteiger partial charge in [-0.2, -0.15) is 0 Å². The zero-order valence-corrected chi connectivity index (χ0v) is 28.9. The molecule has 8 aromatic carbocycles. The molecular weight excluding hydrogens is 647 g/mol. The van der Waals surface area contributed by atoms with Gasteiger partial charge in [0, 0.05) is 36.5 Å². The van der Waals surface area contributed by atoms with Crippen molar-refractivity contribution >= 4 is 53.2 Å². The van der Waals surface area contributed by atoms with Crippen molar-refractivity contribution in [3.8, 4) is 44.6 Å². The summed E-state index contributed by atoms with van der Waals surface area (Å²) in [6.07, 6.45) is 0. The Hall–Kier alpha value is -6.35. The Bertz CT molecular complexity index is 3100. The van der Waals surface area contributed by atoms with Crippen molar-refractivity contribution in [2.45, 2.75) is 5.41 Å². The molecule has 2 heteroatoms. The molecule has 10 aromatic rings. The van der Waals surface area contributed by atoms with Crippen LogP contribution in [-0.4, -0.2) is 4.98 Å². The van der Waals surface area contributed by atoms with Crippen LogP contribution in [0.5, 0.6) is 0 Å². The maximum atomic E-state index is 5.45. The number of para-hydroxylation sites is 1. The quantitative estimate of drug-likeness (QED) is 0.166. The molecule has 0 radical (unpaired) electrons. The molecule has 1 nitrogen and oxygen atoms in total. The molecule has 2 aromatic heterocycles. The van der Waals surface area contributed by atoms with Crippen LogP contribution in [0.4, 0.5) is 0 Å². The molecule has 2 aliphatic carbocycles. The van der Waals surface area contributed by atoms with E-state index in [0.29, 0.717) is 0 Å². The van der Waals surface area contributed by atoms with E-state index >= 15 is 0 Å². The molecule has 0 atom stereocenters. The second-order valence-electron chi connectivity index (χ2n) is 14.2. The van der Waals surface area contributed by atoms with E-state index in [1.807, 2.05) is 11.3 Å². The zero-order valence-electron chi connectivity index (χ0n) is 28.1. The first kappa shape index (κ1) is 28.4. The summed E-state index contributed by atoms with van der Waals surface area (Å²) in [4.78, 5) is 5.45. The normalized spacial score (nSPS) is 13.5. The highest BCUT2D eigenvalue weighted by molar-refractivity contribution is 7.26. The summed E-state index contributed by atoms with van der Waals surface area (Å²) >= 11 is 1.88. The lowest BCUT2D eigenvalue weighted by molar-refractivity contribution is 0.795. The van der Waals surface area contributed by atoms with Crippen LogP contribution in [0.3, 0.4) is 0 Å². The summed E-state index contributed by atoms with van der Waals surface area (Å²) in [6, 6.07) is 65.3. The van der Waals surface area contributed by atoms with E-state index < -0.39 is 0 Å². The number of hydrogen-bond acceptors (Lipinski definition) is 2. The van der Waals surface area contributed by atoms with Crippen LogP contribution in [0.1, 0.15) is 22.3 Å². The second kappa shape index (κ2) is 10.4. The van der Waals surface area contributed by atoms with Crippen molar-refractivity contribution in [1.29, 1.82) is 0 Å². The highest BCUT2D eigenvalue weighted by atomic mass is 32.1. The van der Waals surface area contributed by atoms with Gasteiger partial charge in [0.1, 0.15) is 0 Å². The average Bonchev–Trinajstić information content (AvgIpc) is 3.84. The van der Waals surface area contributed by atoms with E-state index in [1.54, 1.807) is 0 Å². The summed E-state index contributed by atoms with van der Waals surface area (Å²) in [6.45, 7) is 0. The molecule has 1 spiro atoms. The zero-order chi connectivity index (χ0) is 34.0. The molecule has 240 valence electrons. The van der Waals surface area contributed by atoms with Gasteiger partial charge < -0.3 is 0 Å². The first-order valence-corrected chi connectivity index (χ1v) is 18.8. The number of nitrogens with zero attached hydrogens (tertiary/aromatic N) is 1. The molecular formula is C50H29NS. The molecule has 0 bridgehead atoms. The molecule has 2 heterocycles. The molecule has 2 aliphatic rings. The van der Waals surface area contributed by atoms with Crippen molar-refractivity contribution in [3.63, 3.8) is 0 Å². The predicted octanol–water partition coefficient (Wildman–Crippen LogP) is 13.4. The summed E-state index contributed by atoms with van der Waals surface area (Å²) in [7, 11) is 0. The average molecular weight is 676 g/mol. The minimum atomic E-state index is -0.388. The number of thiophene rings is 1. The third kappa shape index (κ3) is 3.59. The topological polar surface area (TPSA) is 12.9 Å². The van der Waals surface area contributed by atoms with Gasteiger partial charge in [-0.25, -0.2) is 4.98 Å². The monoisotopic (exact) mass is 675 g/mol. The predicted molar refractivity (Wildman–Crippen MR) is 219 cm³/mol. The Morgan fingerprint density at radius 3 is 1.71 bits per heavy atom. The minimum absolute atomic E-state index is 0.388. The summed E-state index contributed by atoms with van der Waals surface area (Å²) in [5.74, 6) is 0. The van der Waals surface area contributed by atoms with Crippen LogP contribution in [0, 0.1) is 0 Å². The van der Waals surface area contributed by atoms with E-state index in [1.165, 1.54) is 92.0 Å². The highest BCUT2D eigenvalue weighted by Gasteiger charge is 2.51. The Morgan fingerprint density at radius 2 is 0.942 bits per heavy atom. The fourth-order valence-corrected chi connectivity index (χ4v) is 10.8. The molecule has 0 saturated heterocycles. The second-order valence-corrected chi connectivity index (χ2v) is 15.2. The van der Waals surface area contributed by atoms with E-state index in [2.05, 4.69) is 176 Å². The van der Waals surface area contributed by atoms with E-state index in [4.69, 9.17) is 4.98 Å². The molecule has 0 saturated carbocycles. The Labute approximate surface area is 305 Å². The SMILES string of the molecule is c1cc(-c2nc3ccccc3c3cc4c(cc23)-c2ccccc2C42c3ccccc3-c3ccccc32)cc(-c2cccc3c2sc2ccccc23)c1. The molecule has 0 fully saturated rings. The van der Waals surface area contributed by atoms with Gasteiger partial charge in [-0.3, -0.25) is 0 Å². The molecule has 0 amide bonds. The third-order valence-electron chi connectivity index (χ3n) is 11.7. The van der Waals surface area contributed by atoms with Crippen LogP contribution in [0.25, 0.3) is 86.5 Å². The summed E-state index contributed by atoms with van der Waals surface area (Å²) in [5.41, 5.74) is 15.9. The van der Waals surface area contributed by atoms with Crippen LogP contribution in [0.15, 0.2) is 176 Å². The van der Waals surface area contributed by atoms with Gasteiger partial charge >= 0.3 is 0 Å². The van der Waals surface area contributed by atoms with Gasteiger partial charge in [0.25, 0.3) is 0 Å². The molecule has 52 heavy (non-hydrogen) atoms. The van der Waals surface area contributed by atoms with Crippen molar-refractivity contribution in [2.24, 2.45) is 0 Å². The maximum absolute atomic E-state index is 5.45. The fourth-order valence-electron chi connectivity index (χ4n) is 9.57. The largest absolute Gasteiger partial charge is 0.247 e. The third-order valence-corrected chi connectivity index (χ3v) is 12.9.